The van der Waals surface area contributed by atoms with E-state index in [0.717, 1.165) is 16.9 Å². The highest BCUT2D eigenvalue weighted by Gasteiger charge is 2.07. The largest absolute Gasteiger partial charge is 0.489 e. The fourth-order valence-electron chi connectivity index (χ4n) is 1.80. The van der Waals surface area contributed by atoms with Gasteiger partial charge in [0.2, 0.25) is 0 Å². The molecule has 2 aromatic rings. The Kier molecular flexibility index (Phi) is 4.72. The Morgan fingerprint density at radius 1 is 1.05 bits per heavy atom. The second-order valence-corrected chi connectivity index (χ2v) is 4.60. The van der Waals surface area contributed by atoms with Crippen LogP contribution in [0.5, 0.6) is 5.75 Å². The molecule has 0 N–H and O–H groups in total. The SMILES string of the molecule is C/C=C(/C)C(=O)c1ccc(OCc2ccccc2)cc1. The molecule has 0 aliphatic heterocycles. The van der Waals surface area contributed by atoms with Gasteiger partial charge in [0.15, 0.2) is 5.78 Å². The van der Waals surface area contributed by atoms with Crippen molar-refractivity contribution in [3.8, 4) is 5.75 Å². The summed E-state index contributed by atoms with van der Waals surface area (Å²) in [6.07, 6.45) is 1.82. The van der Waals surface area contributed by atoms with Crippen LogP contribution in [0.25, 0.3) is 0 Å². The van der Waals surface area contributed by atoms with Crippen LogP contribution in [0.3, 0.4) is 0 Å². The molecule has 20 heavy (non-hydrogen) atoms. The molecule has 0 aromatic heterocycles. The zero-order valence-electron chi connectivity index (χ0n) is 11.8. The standard InChI is InChI=1S/C18H18O2/c1-3-14(2)18(19)16-9-11-17(12-10-16)20-13-15-7-5-4-6-8-15/h3-12H,13H2,1-2H3/b14-3-. The Morgan fingerprint density at radius 2 is 1.70 bits per heavy atom. The van der Waals surface area contributed by atoms with Crippen LogP contribution in [0.2, 0.25) is 0 Å². The van der Waals surface area contributed by atoms with Crippen LogP contribution in [0, 0.1) is 0 Å². The molecular weight excluding hydrogens is 248 g/mol. The fourth-order valence-corrected chi connectivity index (χ4v) is 1.80. The zero-order valence-corrected chi connectivity index (χ0v) is 11.8. The molecule has 0 unspecified atom stereocenters. The summed E-state index contributed by atoms with van der Waals surface area (Å²) in [5.41, 5.74) is 2.56. The van der Waals surface area contributed by atoms with E-state index >= 15 is 0 Å². The quantitative estimate of drug-likeness (QED) is 0.591. The van der Waals surface area contributed by atoms with E-state index in [1.54, 1.807) is 12.1 Å². The lowest BCUT2D eigenvalue weighted by atomic mass is 10.0. The summed E-state index contributed by atoms with van der Waals surface area (Å²) >= 11 is 0. The predicted molar refractivity (Wildman–Crippen MR) is 81.0 cm³/mol. The van der Waals surface area contributed by atoms with Crippen molar-refractivity contribution in [1.29, 1.82) is 0 Å². The van der Waals surface area contributed by atoms with Crippen LogP contribution in [0.4, 0.5) is 0 Å². The monoisotopic (exact) mass is 266 g/mol. The molecular formula is C18H18O2. The maximum Gasteiger partial charge on any atom is 0.188 e. The van der Waals surface area contributed by atoms with E-state index in [2.05, 4.69) is 0 Å². The molecule has 0 radical (unpaired) electrons. The molecule has 0 saturated heterocycles. The molecule has 2 aromatic carbocycles. The van der Waals surface area contributed by atoms with Gasteiger partial charge in [-0.3, -0.25) is 4.79 Å². The van der Waals surface area contributed by atoms with Crippen molar-refractivity contribution in [3.63, 3.8) is 0 Å². The first-order valence-corrected chi connectivity index (χ1v) is 6.65. The molecule has 2 rings (SSSR count). The Labute approximate surface area is 119 Å². The van der Waals surface area contributed by atoms with Gasteiger partial charge in [0, 0.05) is 5.56 Å². The second-order valence-electron chi connectivity index (χ2n) is 4.60. The lowest BCUT2D eigenvalue weighted by Crippen LogP contribution is -2.00. The summed E-state index contributed by atoms with van der Waals surface area (Å²) in [7, 11) is 0. The summed E-state index contributed by atoms with van der Waals surface area (Å²) in [5.74, 6) is 0.825. The highest BCUT2D eigenvalue weighted by Crippen LogP contribution is 2.16. The number of ether oxygens (including phenoxy) is 1. The van der Waals surface area contributed by atoms with Crippen LogP contribution in [-0.2, 0) is 6.61 Å². The summed E-state index contributed by atoms with van der Waals surface area (Å²) in [6, 6.07) is 17.3. The number of benzene rings is 2. The second kappa shape index (κ2) is 6.71. The van der Waals surface area contributed by atoms with Gasteiger partial charge in [0.1, 0.15) is 12.4 Å². The van der Waals surface area contributed by atoms with Crippen LogP contribution >= 0.6 is 0 Å². The molecule has 0 heterocycles. The van der Waals surface area contributed by atoms with E-state index in [1.807, 2.05) is 62.4 Å². The Morgan fingerprint density at radius 3 is 2.30 bits per heavy atom. The van der Waals surface area contributed by atoms with E-state index in [1.165, 1.54) is 0 Å². The highest BCUT2D eigenvalue weighted by atomic mass is 16.5. The van der Waals surface area contributed by atoms with Gasteiger partial charge in [-0.1, -0.05) is 36.4 Å². The molecule has 102 valence electrons. The van der Waals surface area contributed by atoms with Crippen molar-refractivity contribution in [3.05, 3.63) is 77.4 Å². The molecule has 2 heteroatoms. The summed E-state index contributed by atoms with van der Waals surface area (Å²) in [6.45, 7) is 4.22. The van der Waals surface area contributed by atoms with E-state index < -0.39 is 0 Å². The number of carbonyl (C=O) groups excluding carboxylic acids is 1. The Hall–Kier alpha value is -2.35. The third-order valence-electron chi connectivity index (χ3n) is 3.16. The first-order chi connectivity index (χ1) is 9.70. The minimum absolute atomic E-state index is 0.0575. The third kappa shape index (κ3) is 3.58. The Balaban J connectivity index is 2.00. The van der Waals surface area contributed by atoms with E-state index in [4.69, 9.17) is 4.74 Å². The van der Waals surface area contributed by atoms with Crippen LogP contribution < -0.4 is 4.74 Å². The molecule has 0 amide bonds. The molecule has 0 bridgehead atoms. The van der Waals surface area contributed by atoms with Crippen molar-refractivity contribution in [1.82, 2.24) is 0 Å². The first-order valence-electron chi connectivity index (χ1n) is 6.65. The predicted octanol–water partition coefficient (Wildman–Crippen LogP) is 4.41. The van der Waals surface area contributed by atoms with Gasteiger partial charge in [0.25, 0.3) is 0 Å². The smallest absolute Gasteiger partial charge is 0.188 e. The normalized spacial score (nSPS) is 11.2. The van der Waals surface area contributed by atoms with Crippen molar-refractivity contribution >= 4 is 5.78 Å². The molecule has 0 spiro atoms. The molecule has 2 nitrogen and oxygen atoms in total. The van der Waals surface area contributed by atoms with Crippen molar-refractivity contribution < 1.29 is 9.53 Å². The summed E-state index contributed by atoms with van der Waals surface area (Å²) < 4.78 is 5.69. The summed E-state index contributed by atoms with van der Waals surface area (Å²) in [5, 5.41) is 0. The number of hydrogen-bond acceptors (Lipinski definition) is 2. The van der Waals surface area contributed by atoms with Gasteiger partial charge in [0.05, 0.1) is 0 Å². The maximum absolute atomic E-state index is 12.0. The number of Topliss-reactive ketones (excluding diaryl/α,β-unsaturated/α-hetero) is 1. The number of hydrogen-bond donors (Lipinski definition) is 0. The lowest BCUT2D eigenvalue weighted by Gasteiger charge is -2.07. The molecule has 0 saturated carbocycles. The molecule has 0 aliphatic carbocycles. The van der Waals surface area contributed by atoms with Gasteiger partial charge in [-0.25, -0.2) is 0 Å². The van der Waals surface area contributed by atoms with E-state index in [9.17, 15) is 4.79 Å². The maximum atomic E-state index is 12.0. The molecule has 0 fully saturated rings. The molecule has 0 aliphatic rings. The van der Waals surface area contributed by atoms with Gasteiger partial charge >= 0.3 is 0 Å². The van der Waals surface area contributed by atoms with Gasteiger partial charge in [-0.2, -0.15) is 0 Å². The van der Waals surface area contributed by atoms with Gasteiger partial charge in [-0.05, 0) is 49.2 Å². The van der Waals surface area contributed by atoms with Crippen molar-refractivity contribution in [2.75, 3.05) is 0 Å². The fraction of sp³-hybridized carbons (Fsp3) is 0.167. The average molecular weight is 266 g/mol. The van der Waals surface area contributed by atoms with Crippen LogP contribution in [-0.4, -0.2) is 5.78 Å². The van der Waals surface area contributed by atoms with E-state index in [0.29, 0.717) is 12.2 Å². The van der Waals surface area contributed by atoms with Crippen molar-refractivity contribution in [2.24, 2.45) is 0 Å². The minimum Gasteiger partial charge on any atom is -0.489 e. The van der Waals surface area contributed by atoms with Crippen molar-refractivity contribution in [2.45, 2.75) is 20.5 Å². The van der Waals surface area contributed by atoms with E-state index in [-0.39, 0.29) is 5.78 Å². The number of ketones is 1. The van der Waals surface area contributed by atoms with Gasteiger partial charge in [-0.15, -0.1) is 0 Å². The zero-order chi connectivity index (χ0) is 14.4. The molecule has 0 atom stereocenters. The van der Waals surface area contributed by atoms with Gasteiger partial charge < -0.3 is 4.74 Å². The van der Waals surface area contributed by atoms with Crippen LogP contribution in [0.1, 0.15) is 29.8 Å². The third-order valence-corrected chi connectivity index (χ3v) is 3.16. The number of carbonyl (C=O) groups is 1. The Bertz CT molecular complexity index is 595. The lowest BCUT2D eigenvalue weighted by molar-refractivity contribution is 0.103. The average Bonchev–Trinajstić information content (AvgIpc) is 2.53. The highest BCUT2D eigenvalue weighted by molar-refractivity contribution is 6.08. The first kappa shape index (κ1) is 14.1. The summed E-state index contributed by atoms with van der Waals surface area (Å²) in [4.78, 5) is 12.0. The number of rotatable bonds is 5. The number of allylic oxidation sites excluding steroid dienone is 2. The van der Waals surface area contributed by atoms with Crippen LogP contribution in [0.15, 0.2) is 66.2 Å². The topological polar surface area (TPSA) is 26.3 Å². The minimum atomic E-state index is 0.0575.